The van der Waals surface area contributed by atoms with E-state index in [1.54, 1.807) is 30.3 Å². The Morgan fingerprint density at radius 3 is 2.58 bits per heavy atom. The molecule has 186 valence electrons. The molecule has 0 saturated carbocycles. The Morgan fingerprint density at radius 1 is 1.11 bits per heavy atom. The van der Waals surface area contributed by atoms with Crippen LogP contribution >= 0.6 is 23.4 Å². The van der Waals surface area contributed by atoms with Crippen molar-refractivity contribution >= 4 is 63.1 Å². The van der Waals surface area contributed by atoms with Crippen molar-refractivity contribution in [1.29, 1.82) is 0 Å². The highest BCUT2D eigenvalue weighted by Gasteiger charge is 2.37. The van der Waals surface area contributed by atoms with Gasteiger partial charge >= 0.3 is 0 Å². The first kappa shape index (κ1) is 24.7. The van der Waals surface area contributed by atoms with Crippen LogP contribution in [0.4, 0.5) is 10.5 Å². The lowest BCUT2D eigenvalue weighted by Crippen LogP contribution is -2.39. The Morgan fingerprint density at radius 2 is 1.86 bits per heavy atom. The standard InChI is InChI=1S/C28H28ClN3O3S/c1-3-19-7-6-8-21-20(16-31(26(19)21)17-25(33)30-13-11-18(2)12-14-30)15-24-27(34)32(28(35)36-24)23-10-5-4-9-22(23)29/h4-10,15-16,18H,3,11-14,17H2,1-2H3/b24-15-. The summed E-state index contributed by atoms with van der Waals surface area (Å²) in [5, 5.41) is 0.918. The molecule has 0 aliphatic carbocycles. The molecule has 3 aromatic rings. The normalized spacial score (nSPS) is 18.1. The lowest BCUT2D eigenvalue weighted by Gasteiger charge is -2.30. The minimum atomic E-state index is -0.399. The molecule has 36 heavy (non-hydrogen) atoms. The topological polar surface area (TPSA) is 62.6 Å². The average Bonchev–Trinajstić information content (AvgIpc) is 3.36. The molecule has 8 heteroatoms. The van der Waals surface area contributed by atoms with Gasteiger partial charge in [-0.15, -0.1) is 0 Å². The summed E-state index contributed by atoms with van der Waals surface area (Å²) in [6.07, 6.45) is 6.57. The number of hydrogen-bond acceptors (Lipinski definition) is 4. The number of imide groups is 1. The van der Waals surface area contributed by atoms with Crippen molar-refractivity contribution in [3.8, 4) is 0 Å². The van der Waals surface area contributed by atoms with Gasteiger partial charge in [-0.25, -0.2) is 4.90 Å². The second-order valence-electron chi connectivity index (χ2n) is 9.41. The third kappa shape index (κ3) is 4.58. The van der Waals surface area contributed by atoms with Crippen LogP contribution in [0.15, 0.2) is 53.6 Å². The Balaban J connectivity index is 1.50. The quantitative estimate of drug-likeness (QED) is 0.367. The number of thioether (sulfide) groups is 1. The second kappa shape index (κ2) is 10.1. The molecule has 1 aromatic heterocycles. The molecule has 2 saturated heterocycles. The van der Waals surface area contributed by atoms with Crippen molar-refractivity contribution in [2.45, 2.75) is 39.7 Å². The summed E-state index contributed by atoms with van der Waals surface area (Å²) >= 11 is 7.16. The fraction of sp³-hybridized carbons (Fsp3) is 0.321. The summed E-state index contributed by atoms with van der Waals surface area (Å²) in [5.41, 5.74) is 3.32. The summed E-state index contributed by atoms with van der Waals surface area (Å²) < 4.78 is 2.00. The maximum Gasteiger partial charge on any atom is 0.298 e. The number of para-hydroxylation sites is 2. The van der Waals surface area contributed by atoms with E-state index >= 15 is 0 Å². The van der Waals surface area contributed by atoms with E-state index < -0.39 is 5.91 Å². The molecule has 2 aromatic carbocycles. The van der Waals surface area contributed by atoms with Crippen molar-refractivity contribution < 1.29 is 14.4 Å². The predicted octanol–water partition coefficient (Wildman–Crippen LogP) is 6.36. The molecule has 5 rings (SSSR count). The molecule has 2 fully saturated rings. The molecular formula is C28H28ClN3O3S. The van der Waals surface area contributed by atoms with Crippen LogP contribution in [0.3, 0.4) is 0 Å². The summed E-state index contributed by atoms with van der Waals surface area (Å²) in [6.45, 7) is 6.16. The van der Waals surface area contributed by atoms with Gasteiger partial charge < -0.3 is 9.47 Å². The van der Waals surface area contributed by atoms with Crippen molar-refractivity contribution in [2.75, 3.05) is 18.0 Å². The number of carbonyl (C=O) groups excluding carboxylic acids is 3. The summed E-state index contributed by atoms with van der Waals surface area (Å²) in [5.74, 6) is 0.361. The highest BCUT2D eigenvalue weighted by Crippen LogP contribution is 2.39. The van der Waals surface area contributed by atoms with Crippen LogP contribution in [0.1, 0.15) is 37.8 Å². The van der Waals surface area contributed by atoms with Crippen LogP contribution in [0.5, 0.6) is 0 Å². The number of anilines is 1. The van der Waals surface area contributed by atoms with Gasteiger partial charge in [-0.3, -0.25) is 14.4 Å². The number of hydrogen-bond donors (Lipinski definition) is 0. The first-order valence-electron chi connectivity index (χ1n) is 12.3. The Bertz CT molecular complexity index is 1390. The zero-order valence-electron chi connectivity index (χ0n) is 20.4. The van der Waals surface area contributed by atoms with Crippen LogP contribution < -0.4 is 4.90 Å². The van der Waals surface area contributed by atoms with Crippen LogP contribution in [0.2, 0.25) is 5.02 Å². The van der Waals surface area contributed by atoms with E-state index in [1.165, 1.54) is 0 Å². The first-order valence-corrected chi connectivity index (χ1v) is 13.5. The summed E-state index contributed by atoms with van der Waals surface area (Å²) in [6, 6.07) is 12.9. The smallest absolute Gasteiger partial charge is 0.298 e. The van der Waals surface area contributed by atoms with Crippen molar-refractivity contribution in [2.24, 2.45) is 5.92 Å². The molecule has 0 atom stereocenters. The third-order valence-electron chi connectivity index (χ3n) is 7.01. The van der Waals surface area contributed by atoms with Gasteiger partial charge in [0.2, 0.25) is 5.91 Å². The predicted molar refractivity (Wildman–Crippen MR) is 146 cm³/mol. The SMILES string of the molecule is CCc1cccc2c(/C=C3\SC(=O)N(c4ccccc4Cl)C3=O)cn(CC(=O)N3CCC(C)CC3)c12. The van der Waals surface area contributed by atoms with Gasteiger partial charge in [0.05, 0.1) is 21.1 Å². The zero-order chi connectivity index (χ0) is 25.4. The fourth-order valence-corrected chi connectivity index (χ4v) is 5.99. The number of halogens is 1. The number of piperidine rings is 1. The lowest BCUT2D eigenvalue weighted by molar-refractivity contribution is -0.133. The zero-order valence-corrected chi connectivity index (χ0v) is 21.9. The molecule has 6 nitrogen and oxygen atoms in total. The average molecular weight is 522 g/mol. The van der Waals surface area contributed by atoms with Crippen LogP contribution in [0.25, 0.3) is 17.0 Å². The lowest BCUT2D eigenvalue weighted by atomic mass is 9.99. The van der Waals surface area contributed by atoms with E-state index in [9.17, 15) is 14.4 Å². The van der Waals surface area contributed by atoms with Crippen molar-refractivity contribution in [3.63, 3.8) is 0 Å². The molecule has 0 spiro atoms. The molecule has 0 unspecified atom stereocenters. The van der Waals surface area contributed by atoms with Gasteiger partial charge in [-0.2, -0.15) is 0 Å². The number of nitrogens with zero attached hydrogens (tertiary/aromatic N) is 3. The van der Waals surface area contributed by atoms with E-state index in [4.69, 9.17) is 11.6 Å². The largest absolute Gasteiger partial charge is 0.341 e. The number of rotatable bonds is 5. The van der Waals surface area contributed by atoms with Crippen LogP contribution in [0, 0.1) is 5.92 Å². The van der Waals surface area contributed by atoms with E-state index in [2.05, 4.69) is 19.9 Å². The number of fused-ring (bicyclic) bond motifs is 1. The van der Waals surface area contributed by atoms with Gasteiger partial charge in [0.25, 0.3) is 11.1 Å². The molecule has 0 N–H and O–H groups in total. The number of carbonyl (C=O) groups is 3. The van der Waals surface area contributed by atoms with Crippen LogP contribution in [-0.2, 0) is 22.6 Å². The van der Waals surface area contributed by atoms with E-state index in [1.807, 2.05) is 27.8 Å². The second-order valence-corrected chi connectivity index (χ2v) is 10.8. The van der Waals surface area contributed by atoms with Gasteiger partial charge in [0, 0.05) is 30.2 Å². The molecular weight excluding hydrogens is 494 g/mol. The monoisotopic (exact) mass is 521 g/mol. The molecule has 2 aliphatic rings. The van der Waals surface area contributed by atoms with Crippen molar-refractivity contribution in [1.82, 2.24) is 9.47 Å². The molecule has 0 bridgehead atoms. The summed E-state index contributed by atoms with van der Waals surface area (Å²) in [7, 11) is 0. The first-order chi connectivity index (χ1) is 17.4. The van der Waals surface area contributed by atoms with Crippen LogP contribution in [-0.4, -0.2) is 39.6 Å². The fourth-order valence-electron chi connectivity index (χ4n) is 4.94. The number of likely N-dealkylation sites (tertiary alicyclic amines) is 1. The van der Waals surface area contributed by atoms with Gasteiger partial charge in [0.1, 0.15) is 6.54 Å². The Hall–Kier alpha value is -3.03. The number of aryl methyl sites for hydroxylation is 1. The maximum absolute atomic E-state index is 13.2. The Kier molecular flexibility index (Phi) is 6.95. The minimum Gasteiger partial charge on any atom is -0.341 e. The number of aromatic nitrogens is 1. The van der Waals surface area contributed by atoms with Gasteiger partial charge in [-0.05, 0) is 60.7 Å². The van der Waals surface area contributed by atoms with Crippen molar-refractivity contribution in [3.05, 3.63) is 69.7 Å². The number of amides is 3. The highest BCUT2D eigenvalue weighted by atomic mass is 35.5. The van der Waals surface area contributed by atoms with Gasteiger partial charge in [-0.1, -0.05) is 55.8 Å². The van der Waals surface area contributed by atoms with E-state index in [0.29, 0.717) is 21.5 Å². The van der Waals surface area contributed by atoms with E-state index in [0.717, 1.165) is 71.0 Å². The molecule has 2 aliphatic heterocycles. The molecule has 0 radical (unpaired) electrons. The third-order valence-corrected chi connectivity index (χ3v) is 8.20. The van der Waals surface area contributed by atoms with Gasteiger partial charge in [0.15, 0.2) is 0 Å². The minimum absolute atomic E-state index is 0.107. The molecule has 3 amide bonds. The summed E-state index contributed by atoms with van der Waals surface area (Å²) in [4.78, 5) is 42.6. The Labute approximate surface area is 219 Å². The van der Waals surface area contributed by atoms with E-state index in [-0.39, 0.29) is 17.7 Å². The highest BCUT2D eigenvalue weighted by molar-refractivity contribution is 8.19. The number of benzene rings is 2. The maximum atomic E-state index is 13.2. The molecule has 3 heterocycles.